The van der Waals surface area contributed by atoms with Crippen molar-refractivity contribution in [3.63, 3.8) is 0 Å². The standard InChI is InChI=1S/C17H16N2O4S2.C15H14N2O4S2/c1-12(20)24-11-16(21)14-5-6-15-13(10-14)7-9-19(15)25(22,23)17-4-2-3-8-18-17;1-11(18)22-10-15(19)12-4-6-13(7-5-12)17-23(20,21)14-3-2-8-16-9-14/h2-6,8,10H,7,9,11H2,1H3;2-9,17H,10H2,1H3. The lowest BCUT2D eigenvalue weighted by Gasteiger charge is -2.19. The van der Waals surface area contributed by atoms with Crippen LogP contribution in [0.25, 0.3) is 0 Å². The highest BCUT2D eigenvalue weighted by Gasteiger charge is 2.32. The van der Waals surface area contributed by atoms with Gasteiger partial charge in [-0.1, -0.05) is 29.6 Å². The third-order valence-electron chi connectivity index (χ3n) is 6.66. The molecule has 48 heavy (non-hydrogen) atoms. The first-order chi connectivity index (χ1) is 22.8. The van der Waals surface area contributed by atoms with E-state index < -0.39 is 20.0 Å². The van der Waals surface area contributed by atoms with Crippen molar-refractivity contribution in [2.45, 2.75) is 30.2 Å². The van der Waals surface area contributed by atoms with Crippen molar-refractivity contribution in [2.24, 2.45) is 0 Å². The van der Waals surface area contributed by atoms with Crippen molar-refractivity contribution in [3.8, 4) is 0 Å². The lowest BCUT2D eigenvalue weighted by atomic mass is 10.1. The van der Waals surface area contributed by atoms with Gasteiger partial charge in [0.05, 0.1) is 17.2 Å². The van der Waals surface area contributed by atoms with E-state index in [-0.39, 0.29) is 43.2 Å². The number of thioether (sulfide) groups is 2. The second kappa shape index (κ2) is 16.1. The molecule has 1 N–H and O–H groups in total. The average molecular weight is 727 g/mol. The van der Waals surface area contributed by atoms with E-state index in [0.717, 1.165) is 29.1 Å². The number of rotatable bonds is 11. The number of ketones is 2. The van der Waals surface area contributed by atoms with Gasteiger partial charge in [0, 0.05) is 55.8 Å². The normalized spacial score (nSPS) is 12.3. The molecule has 12 nitrogen and oxygen atoms in total. The molecule has 0 saturated heterocycles. The summed E-state index contributed by atoms with van der Waals surface area (Å²) in [6.07, 6.45) is 4.71. The predicted octanol–water partition coefficient (Wildman–Crippen LogP) is 4.64. The fraction of sp³-hybridized carbons (Fsp3) is 0.188. The van der Waals surface area contributed by atoms with E-state index >= 15 is 0 Å². The smallest absolute Gasteiger partial charge is 0.281 e. The number of hydrogen-bond acceptors (Lipinski definition) is 12. The molecular formula is C32H30N4O8S4. The summed E-state index contributed by atoms with van der Waals surface area (Å²) in [5, 5.41) is -0.234. The minimum Gasteiger partial charge on any atom is -0.293 e. The number of carbonyl (C=O) groups is 4. The van der Waals surface area contributed by atoms with Crippen molar-refractivity contribution in [1.29, 1.82) is 0 Å². The third kappa shape index (κ3) is 9.59. The highest BCUT2D eigenvalue weighted by Crippen LogP contribution is 2.33. The summed E-state index contributed by atoms with van der Waals surface area (Å²) in [5.41, 5.74) is 2.62. The molecule has 0 unspecified atom stereocenters. The molecule has 250 valence electrons. The van der Waals surface area contributed by atoms with Gasteiger partial charge in [-0.25, -0.2) is 13.4 Å². The lowest BCUT2D eigenvalue weighted by molar-refractivity contribution is -0.109. The molecule has 4 aromatic rings. The lowest BCUT2D eigenvalue weighted by Crippen LogP contribution is -2.29. The van der Waals surface area contributed by atoms with Gasteiger partial charge in [0.2, 0.25) is 0 Å². The molecular weight excluding hydrogens is 697 g/mol. The Bertz CT molecular complexity index is 2030. The highest BCUT2D eigenvalue weighted by molar-refractivity contribution is 8.14. The number of hydrogen-bond donors (Lipinski definition) is 1. The van der Waals surface area contributed by atoms with Gasteiger partial charge in [-0.2, -0.15) is 8.42 Å². The van der Waals surface area contributed by atoms with Gasteiger partial charge >= 0.3 is 0 Å². The van der Waals surface area contributed by atoms with Crippen LogP contribution in [0.3, 0.4) is 0 Å². The van der Waals surface area contributed by atoms with Crippen molar-refractivity contribution in [3.05, 3.63) is 108 Å². The van der Waals surface area contributed by atoms with Crippen molar-refractivity contribution >= 4 is 76.7 Å². The van der Waals surface area contributed by atoms with Crippen LogP contribution in [0.2, 0.25) is 0 Å². The van der Waals surface area contributed by atoms with Crippen LogP contribution < -0.4 is 9.03 Å². The number of nitrogens with zero attached hydrogens (tertiary/aromatic N) is 3. The molecule has 0 fully saturated rings. The Balaban J connectivity index is 0.000000218. The van der Waals surface area contributed by atoms with Crippen LogP contribution >= 0.6 is 23.5 Å². The number of aromatic nitrogens is 2. The molecule has 5 rings (SSSR count). The van der Waals surface area contributed by atoms with Crippen LogP contribution in [0, 0.1) is 0 Å². The van der Waals surface area contributed by atoms with Crippen molar-refractivity contribution in [1.82, 2.24) is 9.97 Å². The zero-order chi connectivity index (χ0) is 34.9. The fourth-order valence-corrected chi connectivity index (χ4v) is 7.82. The molecule has 0 radical (unpaired) electrons. The Hall–Kier alpha value is -4.38. The van der Waals surface area contributed by atoms with E-state index in [4.69, 9.17) is 0 Å². The maximum Gasteiger partial charge on any atom is 0.281 e. The Labute approximate surface area is 286 Å². The quantitative estimate of drug-likeness (QED) is 0.212. The Kier molecular flexibility index (Phi) is 12.3. The molecule has 0 saturated carbocycles. The zero-order valence-electron chi connectivity index (χ0n) is 25.7. The molecule has 0 bridgehead atoms. The molecule has 0 amide bonds. The topological polar surface area (TPSA) is 178 Å². The van der Waals surface area contributed by atoms with Crippen molar-refractivity contribution < 1.29 is 36.0 Å². The second-order valence-electron chi connectivity index (χ2n) is 10.1. The molecule has 1 aliphatic heterocycles. The largest absolute Gasteiger partial charge is 0.293 e. The Morgan fingerprint density at radius 3 is 2.02 bits per heavy atom. The van der Waals surface area contributed by atoms with E-state index in [0.29, 0.717) is 35.5 Å². The van der Waals surface area contributed by atoms with Gasteiger partial charge in [-0.3, -0.25) is 33.2 Å². The average Bonchev–Trinajstić information content (AvgIpc) is 3.52. The summed E-state index contributed by atoms with van der Waals surface area (Å²) in [7, 11) is -7.43. The summed E-state index contributed by atoms with van der Waals surface area (Å²) in [6.45, 7) is 3.13. The van der Waals surface area contributed by atoms with Crippen LogP contribution in [-0.4, -0.2) is 66.7 Å². The number of pyridine rings is 2. The third-order valence-corrected chi connectivity index (χ3v) is 11.4. The summed E-state index contributed by atoms with van der Waals surface area (Å²) in [6, 6.07) is 18.7. The first-order valence-corrected chi connectivity index (χ1v) is 19.1. The van der Waals surface area contributed by atoms with Crippen LogP contribution in [0.4, 0.5) is 11.4 Å². The minimum atomic E-state index is -3.72. The Morgan fingerprint density at radius 2 is 1.44 bits per heavy atom. The van der Waals surface area contributed by atoms with Crippen LogP contribution in [0.5, 0.6) is 0 Å². The number of carbonyl (C=O) groups excluding carboxylic acids is 4. The fourth-order valence-electron chi connectivity index (χ4n) is 4.35. The number of fused-ring (bicyclic) bond motifs is 1. The molecule has 2 aromatic heterocycles. The molecule has 2 aromatic carbocycles. The molecule has 3 heterocycles. The zero-order valence-corrected chi connectivity index (χ0v) is 29.0. The first kappa shape index (κ1) is 36.5. The van der Waals surface area contributed by atoms with Gasteiger partial charge in [0.15, 0.2) is 26.8 Å². The van der Waals surface area contributed by atoms with Gasteiger partial charge < -0.3 is 0 Å². The van der Waals surface area contributed by atoms with Gasteiger partial charge in [0.25, 0.3) is 20.0 Å². The predicted molar refractivity (Wildman–Crippen MR) is 185 cm³/mol. The van der Waals surface area contributed by atoms with E-state index in [1.807, 2.05) is 0 Å². The summed E-state index contributed by atoms with van der Waals surface area (Å²) >= 11 is 1.91. The molecule has 0 aliphatic carbocycles. The summed E-state index contributed by atoms with van der Waals surface area (Å²) in [5.74, 6) is -0.180. The number of benzene rings is 2. The van der Waals surface area contributed by atoms with E-state index in [1.165, 1.54) is 79.2 Å². The van der Waals surface area contributed by atoms with Gasteiger partial charge in [-0.05, 0) is 78.7 Å². The highest BCUT2D eigenvalue weighted by atomic mass is 32.2. The van der Waals surface area contributed by atoms with Crippen LogP contribution in [0.15, 0.2) is 101 Å². The number of nitrogens with one attached hydrogen (secondary N) is 1. The Morgan fingerprint density at radius 1 is 0.792 bits per heavy atom. The minimum absolute atomic E-state index is 0.000797. The number of sulfonamides is 2. The van der Waals surface area contributed by atoms with E-state index in [9.17, 15) is 36.0 Å². The molecule has 0 atom stereocenters. The van der Waals surface area contributed by atoms with Crippen molar-refractivity contribution in [2.75, 3.05) is 27.1 Å². The van der Waals surface area contributed by atoms with Gasteiger partial charge in [-0.15, -0.1) is 0 Å². The molecule has 1 aliphatic rings. The maximum atomic E-state index is 12.7. The summed E-state index contributed by atoms with van der Waals surface area (Å²) in [4.78, 5) is 53.6. The monoisotopic (exact) mass is 726 g/mol. The number of anilines is 2. The SMILES string of the molecule is CC(=O)SCC(=O)c1ccc(NS(=O)(=O)c2cccnc2)cc1.CC(=O)SCC(=O)c1ccc2c(c1)CCN2S(=O)(=O)c1ccccn1. The second-order valence-corrected chi connectivity index (χ2v) is 15.9. The summed E-state index contributed by atoms with van der Waals surface area (Å²) < 4.78 is 53.5. The van der Waals surface area contributed by atoms with Crippen LogP contribution in [-0.2, 0) is 36.1 Å². The molecule has 16 heteroatoms. The number of Topliss-reactive ketones (excluding diaryl/α,β-unsaturated/α-hetero) is 2. The first-order valence-electron chi connectivity index (χ1n) is 14.2. The molecule has 0 spiro atoms. The van der Waals surface area contributed by atoms with Crippen LogP contribution in [0.1, 0.15) is 40.1 Å². The van der Waals surface area contributed by atoms with E-state index in [2.05, 4.69) is 14.7 Å². The maximum absolute atomic E-state index is 12.7. The van der Waals surface area contributed by atoms with E-state index in [1.54, 1.807) is 30.3 Å². The van der Waals surface area contributed by atoms with Gasteiger partial charge in [0.1, 0.15) is 4.90 Å².